The molecule has 3 rings (SSSR count). The lowest BCUT2D eigenvalue weighted by Gasteiger charge is -2.07. The minimum absolute atomic E-state index is 0.605. The summed E-state index contributed by atoms with van der Waals surface area (Å²) in [5.74, 6) is 0. The van der Waals surface area contributed by atoms with E-state index in [4.69, 9.17) is 15.2 Å². The number of anilines is 1. The topological polar surface area (TPSA) is 44.5 Å². The second-order valence-corrected chi connectivity index (χ2v) is 5.19. The molecule has 0 atom stereocenters. The van der Waals surface area contributed by atoms with Crippen LogP contribution in [-0.2, 0) is 16.1 Å². The van der Waals surface area contributed by atoms with E-state index in [1.54, 1.807) is 7.11 Å². The van der Waals surface area contributed by atoms with Gasteiger partial charge in [0.15, 0.2) is 0 Å². The zero-order valence-electron chi connectivity index (χ0n) is 12.1. The first-order valence-electron chi connectivity index (χ1n) is 7.05. The zero-order valence-corrected chi connectivity index (χ0v) is 12.1. The number of nitrogens with two attached hydrogens (primary N) is 1. The molecule has 0 spiro atoms. The quantitative estimate of drug-likeness (QED) is 0.440. The van der Waals surface area contributed by atoms with E-state index < -0.39 is 0 Å². The largest absolute Gasteiger partial charge is 0.399 e. The van der Waals surface area contributed by atoms with E-state index >= 15 is 0 Å². The van der Waals surface area contributed by atoms with Crippen molar-refractivity contribution in [2.45, 2.75) is 6.61 Å². The van der Waals surface area contributed by atoms with Crippen LogP contribution in [0, 0.1) is 0 Å². The van der Waals surface area contributed by atoms with Crippen LogP contribution in [0.2, 0.25) is 0 Å². The normalized spacial score (nSPS) is 11.3. The third kappa shape index (κ3) is 3.15. The Kier molecular flexibility index (Phi) is 4.04. The summed E-state index contributed by atoms with van der Waals surface area (Å²) in [6.45, 7) is 1.84. The lowest BCUT2D eigenvalue weighted by atomic mass is 10.0. The summed E-state index contributed by atoms with van der Waals surface area (Å²) in [5, 5.41) is 4.81. The van der Waals surface area contributed by atoms with E-state index in [0.717, 1.165) is 5.69 Å². The van der Waals surface area contributed by atoms with Crippen LogP contribution in [-0.4, -0.2) is 20.3 Å². The van der Waals surface area contributed by atoms with Crippen LogP contribution >= 0.6 is 0 Å². The maximum atomic E-state index is 5.86. The summed E-state index contributed by atoms with van der Waals surface area (Å²) in [6.07, 6.45) is 0. The SMILES string of the molecule is COCCOCc1ccc2cc3ccc(N)cc3cc2c1. The van der Waals surface area contributed by atoms with Crippen LogP contribution in [0.3, 0.4) is 0 Å². The van der Waals surface area contributed by atoms with Gasteiger partial charge in [0.1, 0.15) is 0 Å². The Hall–Kier alpha value is -2.10. The van der Waals surface area contributed by atoms with Crippen molar-refractivity contribution in [3.63, 3.8) is 0 Å². The van der Waals surface area contributed by atoms with E-state index in [0.29, 0.717) is 19.8 Å². The van der Waals surface area contributed by atoms with Crippen molar-refractivity contribution < 1.29 is 9.47 Å². The molecule has 0 aromatic heterocycles. The van der Waals surface area contributed by atoms with Gasteiger partial charge in [-0.15, -0.1) is 0 Å². The van der Waals surface area contributed by atoms with Crippen molar-refractivity contribution in [3.8, 4) is 0 Å². The van der Waals surface area contributed by atoms with Crippen LogP contribution < -0.4 is 5.73 Å². The number of benzene rings is 3. The van der Waals surface area contributed by atoms with E-state index in [-0.39, 0.29) is 0 Å². The van der Waals surface area contributed by atoms with Crippen LogP contribution in [0.5, 0.6) is 0 Å². The minimum Gasteiger partial charge on any atom is -0.399 e. The van der Waals surface area contributed by atoms with Gasteiger partial charge in [0, 0.05) is 12.8 Å². The van der Waals surface area contributed by atoms with Crippen LogP contribution in [0.1, 0.15) is 5.56 Å². The van der Waals surface area contributed by atoms with Gasteiger partial charge in [-0.1, -0.05) is 18.2 Å². The van der Waals surface area contributed by atoms with Crippen molar-refractivity contribution in [1.82, 2.24) is 0 Å². The van der Waals surface area contributed by atoms with Crippen molar-refractivity contribution >= 4 is 27.2 Å². The lowest BCUT2D eigenvalue weighted by molar-refractivity contribution is 0.0617. The maximum absolute atomic E-state index is 5.86. The van der Waals surface area contributed by atoms with Gasteiger partial charge in [0.2, 0.25) is 0 Å². The fraction of sp³-hybridized carbons (Fsp3) is 0.222. The Morgan fingerprint density at radius 1 is 0.810 bits per heavy atom. The molecule has 3 aromatic carbocycles. The van der Waals surface area contributed by atoms with E-state index in [1.807, 2.05) is 12.1 Å². The van der Waals surface area contributed by atoms with Gasteiger partial charge < -0.3 is 15.2 Å². The van der Waals surface area contributed by atoms with Crippen LogP contribution in [0.25, 0.3) is 21.5 Å². The summed E-state index contributed by atoms with van der Waals surface area (Å²) >= 11 is 0. The maximum Gasteiger partial charge on any atom is 0.0718 e. The standard InChI is InChI=1S/C18H19NO2/c1-20-6-7-21-12-13-2-3-14-9-15-4-5-18(19)11-17(15)10-16(14)8-13/h2-5,8-11H,6-7,12,19H2,1H3. The highest BCUT2D eigenvalue weighted by atomic mass is 16.5. The predicted molar refractivity (Wildman–Crippen MR) is 87.4 cm³/mol. The van der Waals surface area contributed by atoms with Gasteiger partial charge in [0.05, 0.1) is 19.8 Å². The molecule has 0 bridgehead atoms. The van der Waals surface area contributed by atoms with Gasteiger partial charge in [0.25, 0.3) is 0 Å². The average Bonchev–Trinajstić information content (AvgIpc) is 2.49. The molecule has 108 valence electrons. The van der Waals surface area contributed by atoms with Crippen LogP contribution in [0.15, 0.2) is 48.5 Å². The number of methoxy groups -OCH3 is 1. The molecule has 0 heterocycles. The predicted octanol–water partition coefficient (Wildman–Crippen LogP) is 3.74. The molecule has 0 aliphatic rings. The average molecular weight is 281 g/mol. The molecule has 3 heteroatoms. The first-order chi connectivity index (χ1) is 10.3. The molecule has 2 N–H and O–H groups in total. The third-order valence-electron chi connectivity index (χ3n) is 3.58. The summed E-state index contributed by atoms with van der Waals surface area (Å²) in [5.41, 5.74) is 7.82. The molecule has 3 aromatic rings. The Bertz CT molecular complexity index is 768. The smallest absolute Gasteiger partial charge is 0.0718 e. The number of rotatable bonds is 5. The summed E-state index contributed by atoms with van der Waals surface area (Å²) in [7, 11) is 1.68. The molecule has 0 unspecified atom stereocenters. The fourth-order valence-electron chi connectivity index (χ4n) is 2.49. The van der Waals surface area contributed by atoms with Crippen molar-refractivity contribution in [3.05, 3.63) is 54.1 Å². The molecule has 0 saturated carbocycles. The molecule has 0 aliphatic carbocycles. The van der Waals surface area contributed by atoms with Gasteiger partial charge >= 0.3 is 0 Å². The van der Waals surface area contributed by atoms with Gasteiger partial charge in [-0.05, 0) is 57.4 Å². The number of ether oxygens (including phenoxy) is 2. The van der Waals surface area contributed by atoms with Crippen molar-refractivity contribution in [2.24, 2.45) is 0 Å². The highest BCUT2D eigenvalue weighted by Crippen LogP contribution is 2.25. The van der Waals surface area contributed by atoms with E-state index in [2.05, 4.69) is 36.4 Å². The number of hydrogen-bond acceptors (Lipinski definition) is 3. The minimum atomic E-state index is 0.605. The highest BCUT2D eigenvalue weighted by Gasteiger charge is 2.01. The summed E-state index contributed by atoms with van der Waals surface area (Å²) in [4.78, 5) is 0. The Morgan fingerprint density at radius 3 is 2.33 bits per heavy atom. The van der Waals surface area contributed by atoms with Gasteiger partial charge in [-0.3, -0.25) is 0 Å². The first-order valence-corrected chi connectivity index (χ1v) is 7.05. The summed E-state index contributed by atoms with van der Waals surface area (Å²) < 4.78 is 10.5. The molecule has 0 aliphatic heterocycles. The highest BCUT2D eigenvalue weighted by molar-refractivity contribution is 5.99. The Morgan fingerprint density at radius 2 is 1.52 bits per heavy atom. The first kappa shape index (κ1) is 13.9. The molecule has 21 heavy (non-hydrogen) atoms. The molecule has 0 saturated heterocycles. The molecular weight excluding hydrogens is 262 g/mol. The molecule has 0 fully saturated rings. The molecule has 3 nitrogen and oxygen atoms in total. The Balaban J connectivity index is 1.90. The zero-order chi connectivity index (χ0) is 14.7. The monoisotopic (exact) mass is 281 g/mol. The van der Waals surface area contributed by atoms with Crippen LogP contribution in [0.4, 0.5) is 5.69 Å². The molecular formula is C18H19NO2. The van der Waals surface area contributed by atoms with Crippen molar-refractivity contribution in [2.75, 3.05) is 26.1 Å². The molecule has 0 radical (unpaired) electrons. The second kappa shape index (κ2) is 6.12. The fourth-order valence-corrected chi connectivity index (χ4v) is 2.49. The van der Waals surface area contributed by atoms with Gasteiger partial charge in [-0.2, -0.15) is 0 Å². The Labute approximate surface area is 124 Å². The third-order valence-corrected chi connectivity index (χ3v) is 3.58. The molecule has 0 amide bonds. The summed E-state index contributed by atoms with van der Waals surface area (Å²) in [6, 6.07) is 16.8. The van der Waals surface area contributed by atoms with E-state index in [9.17, 15) is 0 Å². The van der Waals surface area contributed by atoms with Crippen molar-refractivity contribution in [1.29, 1.82) is 0 Å². The number of fused-ring (bicyclic) bond motifs is 2. The number of nitrogen functional groups attached to an aromatic ring is 1. The number of hydrogen-bond donors (Lipinski definition) is 1. The van der Waals surface area contributed by atoms with E-state index in [1.165, 1.54) is 27.1 Å². The van der Waals surface area contributed by atoms with Gasteiger partial charge in [-0.25, -0.2) is 0 Å². The lowest BCUT2D eigenvalue weighted by Crippen LogP contribution is -2.01. The second-order valence-electron chi connectivity index (χ2n) is 5.19.